The average Bonchev–Trinajstić information content (AvgIpc) is 3.11. The molecule has 3 aromatic heterocycles. The fourth-order valence-corrected chi connectivity index (χ4v) is 3.29. The lowest BCUT2D eigenvalue weighted by molar-refractivity contribution is -0.118. The first-order valence-corrected chi connectivity index (χ1v) is 9.16. The van der Waals surface area contributed by atoms with Crippen LogP contribution in [0.2, 0.25) is 0 Å². The van der Waals surface area contributed by atoms with Crippen molar-refractivity contribution in [2.45, 2.75) is 32.7 Å². The van der Waals surface area contributed by atoms with Gasteiger partial charge in [0.25, 0.3) is 0 Å². The highest BCUT2D eigenvalue weighted by atomic mass is 19.1. The average molecular weight is 374 g/mol. The van der Waals surface area contributed by atoms with E-state index in [2.05, 4.69) is 19.9 Å². The maximum Gasteiger partial charge on any atom is 0.141 e. The van der Waals surface area contributed by atoms with E-state index in [4.69, 9.17) is 0 Å². The lowest BCUT2D eigenvalue weighted by Crippen LogP contribution is -2.08. The number of carbonyl (C=O) groups is 1. The highest BCUT2D eigenvalue weighted by Gasteiger charge is 2.19. The summed E-state index contributed by atoms with van der Waals surface area (Å²) in [4.78, 5) is 29.6. The van der Waals surface area contributed by atoms with E-state index in [1.165, 1.54) is 12.3 Å². The van der Waals surface area contributed by atoms with Gasteiger partial charge in [0.2, 0.25) is 0 Å². The number of nitrogens with zero attached hydrogens (tertiary/aromatic N) is 4. The Labute approximate surface area is 162 Å². The van der Waals surface area contributed by atoms with E-state index in [0.29, 0.717) is 25.1 Å². The van der Waals surface area contributed by atoms with Crippen LogP contribution in [-0.2, 0) is 24.2 Å². The molecule has 0 saturated heterocycles. The summed E-state index contributed by atoms with van der Waals surface area (Å²) in [5.74, 6) is -0.289. The first kappa shape index (κ1) is 18.1. The molecule has 1 aliphatic rings. The van der Waals surface area contributed by atoms with Gasteiger partial charge in [0.15, 0.2) is 0 Å². The second-order valence-electron chi connectivity index (χ2n) is 6.87. The summed E-state index contributed by atoms with van der Waals surface area (Å²) in [6, 6.07) is 8.89. The van der Waals surface area contributed by atoms with E-state index in [-0.39, 0.29) is 18.0 Å². The van der Waals surface area contributed by atoms with E-state index in [1.807, 2.05) is 25.1 Å². The predicted molar refractivity (Wildman–Crippen MR) is 104 cm³/mol. The molecule has 0 aliphatic carbocycles. The number of aryl methyl sites for hydroxylation is 2. The zero-order valence-corrected chi connectivity index (χ0v) is 15.5. The summed E-state index contributed by atoms with van der Waals surface area (Å²) in [7, 11) is 0. The molecule has 140 valence electrons. The number of halogens is 1. The Kier molecular flexibility index (Phi) is 5.02. The van der Waals surface area contributed by atoms with Crippen LogP contribution in [0.5, 0.6) is 0 Å². The number of pyridine rings is 3. The van der Waals surface area contributed by atoms with Crippen LogP contribution in [0, 0.1) is 12.7 Å². The van der Waals surface area contributed by atoms with Crippen LogP contribution >= 0.6 is 0 Å². The molecule has 0 bridgehead atoms. The van der Waals surface area contributed by atoms with Gasteiger partial charge < -0.3 is 0 Å². The van der Waals surface area contributed by atoms with Crippen molar-refractivity contribution >= 4 is 11.5 Å². The van der Waals surface area contributed by atoms with Crippen molar-refractivity contribution in [2.24, 2.45) is 4.99 Å². The third-order valence-corrected chi connectivity index (χ3v) is 4.71. The lowest BCUT2D eigenvalue weighted by Gasteiger charge is -2.07. The molecule has 28 heavy (non-hydrogen) atoms. The van der Waals surface area contributed by atoms with E-state index in [0.717, 1.165) is 33.8 Å². The van der Waals surface area contributed by atoms with E-state index < -0.39 is 0 Å². The summed E-state index contributed by atoms with van der Waals surface area (Å²) in [5, 5.41) is 0. The number of aliphatic imine (C=N–C) groups is 1. The van der Waals surface area contributed by atoms with Gasteiger partial charge in [-0.1, -0.05) is 0 Å². The van der Waals surface area contributed by atoms with Crippen LogP contribution < -0.4 is 0 Å². The normalized spacial score (nSPS) is 12.6. The zero-order chi connectivity index (χ0) is 19.5. The summed E-state index contributed by atoms with van der Waals surface area (Å²) in [6.07, 6.45) is 5.89. The van der Waals surface area contributed by atoms with Gasteiger partial charge in [-0.25, -0.2) is 4.39 Å². The number of fused-ring (bicyclic) bond motifs is 1. The monoisotopic (exact) mass is 374 g/mol. The third kappa shape index (κ3) is 4.01. The highest BCUT2D eigenvalue weighted by molar-refractivity contribution is 6.15. The van der Waals surface area contributed by atoms with Gasteiger partial charge in [-0.15, -0.1) is 0 Å². The first-order valence-electron chi connectivity index (χ1n) is 9.16. The number of carbonyl (C=O) groups excluding carboxylic acids is 1. The fourth-order valence-electron chi connectivity index (χ4n) is 3.29. The lowest BCUT2D eigenvalue weighted by atomic mass is 10.0. The van der Waals surface area contributed by atoms with Crippen LogP contribution in [-0.4, -0.2) is 26.4 Å². The molecule has 0 amide bonds. The number of hydrogen-bond acceptors (Lipinski definition) is 5. The largest absolute Gasteiger partial charge is 0.299 e. The van der Waals surface area contributed by atoms with Crippen molar-refractivity contribution in [2.75, 3.05) is 0 Å². The number of Topliss-reactive ketones (excluding diaryl/α,β-unsaturated/α-hetero) is 1. The fraction of sp³-hybridized carbons (Fsp3) is 0.227. The molecule has 4 heterocycles. The van der Waals surface area contributed by atoms with Gasteiger partial charge in [0, 0.05) is 53.4 Å². The first-order chi connectivity index (χ1) is 13.6. The van der Waals surface area contributed by atoms with Gasteiger partial charge in [0.1, 0.15) is 11.6 Å². The molecule has 0 N–H and O–H groups in total. The van der Waals surface area contributed by atoms with Crippen molar-refractivity contribution in [3.63, 3.8) is 0 Å². The van der Waals surface area contributed by atoms with E-state index in [9.17, 15) is 9.18 Å². The minimum atomic E-state index is -0.374. The zero-order valence-electron chi connectivity index (χ0n) is 15.5. The molecule has 0 unspecified atom stereocenters. The molecule has 1 aliphatic heterocycles. The Morgan fingerprint density at radius 1 is 1.07 bits per heavy atom. The maximum atomic E-state index is 12.9. The molecule has 6 heteroatoms. The minimum absolute atomic E-state index is 0.0856. The van der Waals surface area contributed by atoms with Crippen LogP contribution in [0.1, 0.15) is 40.2 Å². The molecule has 0 aromatic carbocycles. The minimum Gasteiger partial charge on any atom is -0.299 e. The number of hydrogen-bond donors (Lipinski definition) is 0. The topological polar surface area (TPSA) is 68.1 Å². The van der Waals surface area contributed by atoms with Gasteiger partial charge in [-0.3, -0.25) is 24.7 Å². The van der Waals surface area contributed by atoms with Gasteiger partial charge in [-0.2, -0.15) is 0 Å². The second-order valence-corrected chi connectivity index (χ2v) is 6.87. The summed E-state index contributed by atoms with van der Waals surface area (Å²) >= 11 is 0. The Morgan fingerprint density at radius 2 is 1.93 bits per heavy atom. The molecule has 5 nitrogen and oxygen atoms in total. The smallest absolute Gasteiger partial charge is 0.141 e. The van der Waals surface area contributed by atoms with Crippen molar-refractivity contribution in [1.29, 1.82) is 0 Å². The van der Waals surface area contributed by atoms with Gasteiger partial charge in [-0.05, 0) is 49.2 Å². The second kappa shape index (κ2) is 7.76. The number of ketones is 1. The Bertz CT molecular complexity index is 1060. The van der Waals surface area contributed by atoms with E-state index >= 15 is 0 Å². The predicted octanol–water partition coefficient (Wildman–Crippen LogP) is 3.41. The Balaban J connectivity index is 1.41. The van der Waals surface area contributed by atoms with Crippen molar-refractivity contribution in [3.8, 4) is 0 Å². The van der Waals surface area contributed by atoms with Crippen LogP contribution in [0.3, 0.4) is 0 Å². The molecule has 4 rings (SSSR count). The molecule has 3 aromatic rings. The molecular formula is C22H19FN4O. The Morgan fingerprint density at radius 3 is 2.71 bits per heavy atom. The van der Waals surface area contributed by atoms with Crippen LogP contribution in [0.25, 0.3) is 0 Å². The summed E-state index contributed by atoms with van der Waals surface area (Å²) in [6.45, 7) is 2.55. The molecular weight excluding hydrogens is 355 g/mol. The van der Waals surface area contributed by atoms with Gasteiger partial charge >= 0.3 is 0 Å². The number of rotatable bonds is 6. The van der Waals surface area contributed by atoms with Crippen LogP contribution in [0.4, 0.5) is 4.39 Å². The van der Waals surface area contributed by atoms with Crippen molar-refractivity contribution in [1.82, 2.24) is 15.0 Å². The Hall–Kier alpha value is -3.28. The van der Waals surface area contributed by atoms with Crippen molar-refractivity contribution < 1.29 is 9.18 Å². The molecule has 0 radical (unpaired) electrons. The molecule has 0 saturated carbocycles. The molecule has 0 spiro atoms. The van der Waals surface area contributed by atoms with Crippen molar-refractivity contribution in [3.05, 3.63) is 88.5 Å². The maximum absolute atomic E-state index is 12.9. The van der Waals surface area contributed by atoms with E-state index in [1.54, 1.807) is 18.5 Å². The SMILES string of the molecule is Cc1cc(C2=NCc3cc(CC(=O)CCc4ccc(F)cn4)ncc32)ccn1. The third-order valence-electron chi connectivity index (χ3n) is 4.71. The highest BCUT2D eigenvalue weighted by Crippen LogP contribution is 2.23. The molecule has 0 atom stereocenters. The summed E-state index contributed by atoms with van der Waals surface area (Å²) < 4.78 is 12.9. The molecule has 0 fully saturated rings. The standard InChI is InChI=1S/C22H19FN4O/c1-14-8-15(6-7-24-14)22-21-13-26-19(9-16(21)11-27-22)10-20(28)5-4-18-3-2-17(23)12-25-18/h2-3,6-9,12-13H,4-5,10-11H2,1H3. The quantitative estimate of drug-likeness (QED) is 0.663. The van der Waals surface area contributed by atoms with Gasteiger partial charge in [0.05, 0.1) is 18.5 Å². The number of aromatic nitrogens is 3. The summed E-state index contributed by atoms with van der Waals surface area (Å²) in [5.41, 5.74) is 6.46. The van der Waals surface area contributed by atoms with Crippen LogP contribution in [0.15, 0.2) is 53.9 Å².